The van der Waals surface area contributed by atoms with Crippen LogP contribution in [0.5, 0.6) is 0 Å². The molecule has 0 heterocycles. The van der Waals surface area contributed by atoms with Gasteiger partial charge in [0.25, 0.3) is 0 Å². The molecule has 2 N–H and O–H groups in total. The van der Waals surface area contributed by atoms with Crippen molar-refractivity contribution in [2.75, 3.05) is 30.8 Å². The highest BCUT2D eigenvalue weighted by atomic mass is 32.2. The van der Waals surface area contributed by atoms with Gasteiger partial charge in [-0.05, 0) is 37.9 Å². The number of benzene rings is 1. The van der Waals surface area contributed by atoms with E-state index in [1.807, 2.05) is 31.0 Å². The third kappa shape index (κ3) is 4.80. The van der Waals surface area contributed by atoms with Crippen LogP contribution in [0.2, 0.25) is 0 Å². The van der Waals surface area contributed by atoms with Gasteiger partial charge in [0, 0.05) is 13.6 Å². The fourth-order valence-electron chi connectivity index (χ4n) is 2.20. The molecule has 1 rings (SSSR count). The van der Waals surface area contributed by atoms with Gasteiger partial charge in [-0.3, -0.25) is 0 Å². The summed E-state index contributed by atoms with van der Waals surface area (Å²) in [5.41, 5.74) is 6.28. The quantitative estimate of drug-likeness (QED) is 0.711. The van der Waals surface area contributed by atoms with E-state index in [0.29, 0.717) is 17.9 Å². The second-order valence-corrected chi connectivity index (χ2v) is 7.14. The monoisotopic (exact) mass is 298 g/mol. The molecule has 0 fully saturated rings. The number of anilines is 1. The van der Waals surface area contributed by atoms with Gasteiger partial charge in [0.15, 0.2) is 9.84 Å². The minimum absolute atomic E-state index is 0.199. The number of rotatable bonds is 9. The largest absolute Gasteiger partial charge is 0.374 e. The Morgan fingerprint density at radius 3 is 2.50 bits per heavy atom. The van der Waals surface area contributed by atoms with Gasteiger partial charge in [-0.25, -0.2) is 8.42 Å². The Bertz CT molecular complexity index is 500. The van der Waals surface area contributed by atoms with E-state index in [9.17, 15) is 8.42 Å². The van der Waals surface area contributed by atoms with Crippen LogP contribution in [0.1, 0.15) is 32.6 Å². The normalized spacial score (nSPS) is 11.6. The second-order valence-electron chi connectivity index (χ2n) is 5.06. The first-order valence-corrected chi connectivity index (χ1v) is 8.91. The van der Waals surface area contributed by atoms with Gasteiger partial charge >= 0.3 is 0 Å². The summed E-state index contributed by atoms with van der Waals surface area (Å²) < 4.78 is 24.6. The van der Waals surface area contributed by atoms with E-state index < -0.39 is 9.84 Å². The number of unbranched alkanes of at least 4 members (excludes halogenated alkanes) is 2. The fourth-order valence-corrected chi connectivity index (χ4v) is 3.79. The highest BCUT2D eigenvalue weighted by Gasteiger charge is 2.19. The Kier molecular flexibility index (Phi) is 7.02. The maximum atomic E-state index is 12.3. The molecule has 0 aliphatic rings. The molecule has 5 heteroatoms. The van der Waals surface area contributed by atoms with Gasteiger partial charge in [0.2, 0.25) is 0 Å². The van der Waals surface area contributed by atoms with E-state index in [0.717, 1.165) is 31.5 Å². The van der Waals surface area contributed by atoms with Crippen LogP contribution in [0, 0.1) is 0 Å². The van der Waals surface area contributed by atoms with Crippen molar-refractivity contribution < 1.29 is 8.42 Å². The van der Waals surface area contributed by atoms with Gasteiger partial charge in [0.05, 0.1) is 16.3 Å². The summed E-state index contributed by atoms with van der Waals surface area (Å²) in [6, 6.07) is 7.26. The van der Waals surface area contributed by atoms with E-state index in [2.05, 4.69) is 0 Å². The van der Waals surface area contributed by atoms with Gasteiger partial charge in [-0.2, -0.15) is 0 Å². The highest BCUT2D eigenvalue weighted by molar-refractivity contribution is 7.91. The van der Waals surface area contributed by atoms with Crippen LogP contribution in [0.25, 0.3) is 0 Å². The zero-order valence-electron chi connectivity index (χ0n) is 12.5. The van der Waals surface area contributed by atoms with Crippen molar-refractivity contribution in [3.63, 3.8) is 0 Å². The molecule has 0 aromatic heterocycles. The molecule has 1 aromatic rings. The van der Waals surface area contributed by atoms with Crippen LogP contribution in [-0.4, -0.2) is 34.3 Å². The van der Waals surface area contributed by atoms with E-state index in [4.69, 9.17) is 5.73 Å². The van der Waals surface area contributed by atoms with Crippen LogP contribution in [-0.2, 0) is 9.84 Å². The first-order chi connectivity index (χ1) is 9.53. The minimum atomic E-state index is -3.18. The maximum absolute atomic E-state index is 12.3. The fraction of sp³-hybridized carbons (Fsp3) is 0.600. The number of hydrogen-bond donors (Lipinski definition) is 1. The summed E-state index contributed by atoms with van der Waals surface area (Å²) in [6.07, 6.45) is 3.75. The third-order valence-corrected chi connectivity index (χ3v) is 5.24. The lowest BCUT2D eigenvalue weighted by Crippen LogP contribution is -2.21. The van der Waals surface area contributed by atoms with E-state index in [1.165, 1.54) is 0 Å². The van der Waals surface area contributed by atoms with Crippen molar-refractivity contribution in [2.24, 2.45) is 5.73 Å². The molecule has 0 atom stereocenters. The van der Waals surface area contributed by atoms with Crippen molar-refractivity contribution >= 4 is 15.5 Å². The van der Waals surface area contributed by atoms with Crippen molar-refractivity contribution in [3.05, 3.63) is 24.3 Å². The molecule has 0 saturated carbocycles. The number of hydrogen-bond acceptors (Lipinski definition) is 4. The van der Waals surface area contributed by atoms with Gasteiger partial charge < -0.3 is 10.6 Å². The van der Waals surface area contributed by atoms with Gasteiger partial charge in [0.1, 0.15) is 0 Å². The zero-order valence-corrected chi connectivity index (χ0v) is 13.3. The standard InChI is InChI=1S/C15H26N2O2S/c1-3-13-20(18,19)15-10-6-5-9-14(15)17(2)12-8-4-7-11-16/h5-6,9-10H,3-4,7-8,11-13,16H2,1-2H3. The Morgan fingerprint density at radius 2 is 1.85 bits per heavy atom. The molecule has 0 aliphatic carbocycles. The van der Waals surface area contributed by atoms with Gasteiger partial charge in [-0.15, -0.1) is 0 Å². The highest BCUT2D eigenvalue weighted by Crippen LogP contribution is 2.25. The van der Waals surface area contributed by atoms with E-state index in [-0.39, 0.29) is 5.75 Å². The SMILES string of the molecule is CCCS(=O)(=O)c1ccccc1N(C)CCCCCN. The average molecular weight is 298 g/mol. The number of sulfone groups is 1. The molecule has 4 nitrogen and oxygen atoms in total. The van der Waals surface area contributed by atoms with Gasteiger partial charge in [-0.1, -0.05) is 25.5 Å². The molecule has 20 heavy (non-hydrogen) atoms. The van der Waals surface area contributed by atoms with Crippen molar-refractivity contribution in [1.82, 2.24) is 0 Å². The Hall–Kier alpha value is -1.07. The van der Waals surface area contributed by atoms with Crippen LogP contribution in [0.3, 0.4) is 0 Å². The summed E-state index contributed by atoms with van der Waals surface area (Å²) in [5.74, 6) is 0.199. The molecule has 0 radical (unpaired) electrons. The van der Waals surface area contributed by atoms with E-state index >= 15 is 0 Å². The van der Waals surface area contributed by atoms with Crippen LogP contribution in [0.15, 0.2) is 29.2 Å². The Morgan fingerprint density at radius 1 is 1.15 bits per heavy atom. The van der Waals surface area contributed by atoms with Crippen LogP contribution in [0.4, 0.5) is 5.69 Å². The minimum Gasteiger partial charge on any atom is -0.374 e. The molecule has 114 valence electrons. The summed E-state index contributed by atoms with van der Waals surface area (Å²) in [4.78, 5) is 2.47. The van der Waals surface area contributed by atoms with Crippen molar-refractivity contribution in [2.45, 2.75) is 37.5 Å². The third-order valence-electron chi connectivity index (χ3n) is 3.28. The molecule has 0 bridgehead atoms. The molecule has 1 aromatic carbocycles. The van der Waals surface area contributed by atoms with Crippen LogP contribution < -0.4 is 10.6 Å². The Balaban J connectivity index is 2.84. The summed E-state index contributed by atoms with van der Waals surface area (Å²) >= 11 is 0. The molecule has 0 saturated heterocycles. The molecular formula is C15H26N2O2S. The second kappa shape index (κ2) is 8.27. The first-order valence-electron chi connectivity index (χ1n) is 7.26. The predicted octanol–water partition coefficient (Wildman–Crippen LogP) is 2.44. The lowest BCUT2D eigenvalue weighted by atomic mass is 10.2. The molecule has 0 aliphatic heterocycles. The zero-order chi connectivity index (χ0) is 15.0. The summed E-state index contributed by atoms with van der Waals surface area (Å²) in [6.45, 7) is 3.44. The molecule has 0 spiro atoms. The average Bonchev–Trinajstić information content (AvgIpc) is 2.43. The van der Waals surface area contributed by atoms with E-state index in [1.54, 1.807) is 12.1 Å². The Labute approximate surface area is 122 Å². The topological polar surface area (TPSA) is 63.4 Å². The van der Waals surface area contributed by atoms with Crippen molar-refractivity contribution in [3.8, 4) is 0 Å². The predicted molar refractivity (Wildman–Crippen MR) is 85.0 cm³/mol. The number of nitrogens with zero attached hydrogens (tertiary/aromatic N) is 1. The van der Waals surface area contributed by atoms with Crippen LogP contribution >= 0.6 is 0 Å². The smallest absolute Gasteiger partial charge is 0.180 e. The summed E-state index contributed by atoms with van der Waals surface area (Å²) in [7, 11) is -1.24. The molecule has 0 unspecified atom stereocenters. The number of nitrogens with two attached hydrogens (primary N) is 1. The lowest BCUT2D eigenvalue weighted by Gasteiger charge is -2.22. The lowest BCUT2D eigenvalue weighted by molar-refractivity contribution is 0.594. The first kappa shape index (κ1) is 17.0. The summed E-state index contributed by atoms with van der Waals surface area (Å²) in [5, 5.41) is 0. The number of para-hydroxylation sites is 1. The van der Waals surface area contributed by atoms with Crippen molar-refractivity contribution in [1.29, 1.82) is 0 Å². The molecular weight excluding hydrogens is 272 g/mol. The maximum Gasteiger partial charge on any atom is 0.180 e. The molecule has 0 amide bonds.